The first-order valence-corrected chi connectivity index (χ1v) is 11.9. The second-order valence-corrected chi connectivity index (χ2v) is 10.00. The molecule has 0 aliphatic heterocycles. The molecule has 1 amide bonds. The van der Waals surface area contributed by atoms with E-state index >= 15 is 0 Å². The number of nitrogens with zero attached hydrogens (tertiary/aromatic N) is 2. The Balaban J connectivity index is 1.81. The van der Waals surface area contributed by atoms with Crippen LogP contribution in [0.3, 0.4) is 0 Å². The van der Waals surface area contributed by atoms with Crippen molar-refractivity contribution in [2.24, 2.45) is 7.05 Å². The van der Waals surface area contributed by atoms with Crippen molar-refractivity contribution in [2.45, 2.75) is 24.8 Å². The first kappa shape index (κ1) is 24.0. The third-order valence-corrected chi connectivity index (χ3v) is 7.63. The highest BCUT2D eigenvalue weighted by Gasteiger charge is 2.22. The van der Waals surface area contributed by atoms with Crippen molar-refractivity contribution in [2.75, 3.05) is 12.9 Å². The zero-order chi connectivity index (χ0) is 23.8. The van der Waals surface area contributed by atoms with Gasteiger partial charge in [-0.05, 0) is 37.6 Å². The van der Waals surface area contributed by atoms with Gasteiger partial charge < -0.3 is 14.6 Å². The summed E-state index contributed by atoms with van der Waals surface area (Å²) in [6.07, 6.45) is 0. The molecule has 0 radical (unpaired) electrons. The number of esters is 1. The minimum atomic E-state index is -3.81. The number of benzene rings is 1. The van der Waals surface area contributed by atoms with Gasteiger partial charge in [0.05, 0.1) is 33.8 Å². The highest BCUT2D eigenvalue weighted by atomic mass is 35.5. The highest BCUT2D eigenvalue weighted by molar-refractivity contribution is 7.92. The van der Waals surface area contributed by atoms with Crippen LogP contribution < -0.4 is 5.32 Å². The molecule has 0 fully saturated rings. The van der Waals surface area contributed by atoms with Crippen LogP contribution in [0.4, 0.5) is 0 Å². The maximum Gasteiger partial charge on any atom is 0.321 e. The van der Waals surface area contributed by atoms with Crippen molar-refractivity contribution in [3.8, 4) is 0 Å². The molecule has 1 atom stereocenters. The molecule has 3 rings (SSSR count). The maximum absolute atomic E-state index is 12.9. The van der Waals surface area contributed by atoms with Crippen molar-refractivity contribution in [1.82, 2.24) is 14.9 Å². The molecule has 170 valence electrons. The largest absolute Gasteiger partial charge is 0.468 e. The summed E-state index contributed by atoms with van der Waals surface area (Å²) in [5.41, 5.74) is 2.13. The number of amides is 1. The number of aryl methyl sites for hydroxylation is 2. The molecular weight excluding hydrogens is 477 g/mol. The summed E-state index contributed by atoms with van der Waals surface area (Å²) in [6.45, 7) is 3.50. The molecule has 2 aromatic heterocycles. The lowest BCUT2D eigenvalue weighted by Gasteiger charge is -2.15. The SMILES string of the molecule is COC(=O)CS(=O)(=O)c1ccc([C@@H](C)NC(=O)c2cc3c(Cl)c(Cl)c(C)nc3n2C)cc1. The van der Waals surface area contributed by atoms with Crippen LogP contribution in [0.2, 0.25) is 10.0 Å². The topological polar surface area (TPSA) is 107 Å². The second-order valence-electron chi connectivity index (χ2n) is 7.25. The Hall–Kier alpha value is -2.62. The molecule has 11 heteroatoms. The van der Waals surface area contributed by atoms with E-state index in [0.29, 0.717) is 38.0 Å². The molecule has 1 N–H and O–H groups in total. The predicted molar refractivity (Wildman–Crippen MR) is 122 cm³/mol. The molecule has 0 aliphatic carbocycles. The molecule has 0 saturated heterocycles. The third-order valence-electron chi connectivity index (χ3n) is 5.08. The summed E-state index contributed by atoms with van der Waals surface area (Å²) in [4.78, 5) is 28.6. The average molecular weight is 498 g/mol. The normalized spacial score (nSPS) is 12.6. The number of sulfone groups is 1. The molecule has 0 aliphatic rings. The van der Waals surface area contributed by atoms with Gasteiger partial charge in [0.25, 0.3) is 5.91 Å². The number of carbonyl (C=O) groups is 2. The first-order valence-electron chi connectivity index (χ1n) is 9.47. The van der Waals surface area contributed by atoms with E-state index in [1.807, 2.05) is 0 Å². The van der Waals surface area contributed by atoms with E-state index in [0.717, 1.165) is 7.11 Å². The van der Waals surface area contributed by atoms with Crippen LogP contribution in [0.5, 0.6) is 0 Å². The fourth-order valence-electron chi connectivity index (χ4n) is 3.21. The van der Waals surface area contributed by atoms with Gasteiger partial charge in [-0.1, -0.05) is 35.3 Å². The third kappa shape index (κ3) is 4.60. The molecule has 8 nitrogen and oxygen atoms in total. The summed E-state index contributed by atoms with van der Waals surface area (Å²) in [5.74, 6) is -1.93. The minimum absolute atomic E-state index is 0.00757. The Labute approximate surface area is 195 Å². The molecule has 0 unspecified atom stereocenters. The Bertz CT molecular complexity index is 1320. The molecule has 0 spiro atoms. The van der Waals surface area contributed by atoms with Gasteiger partial charge in [-0.2, -0.15) is 0 Å². The zero-order valence-corrected chi connectivity index (χ0v) is 20.1. The van der Waals surface area contributed by atoms with E-state index in [9.17, 15) is 18.0 Å². The standard InChI is InChI=1S/C21H21Cl2N3O5S/c1-11(13-5-7-14(8-6-13)32(29,30)10-17(27)31-4)25-21(28)16-9-15-19(23)18(22)12(2)24-20(15)26(16)3/h5-9,11H,10H2,1-4H3,(H,25,28)/t11-/m1/s1. The van der Waals surface area contributed by atoms with Crippen molar-refractivity contribution >= 4 is 55.9 Å². The van der Waals surface area contributed by atoms with Crippen LogP contribution in [-0.4, -0.2) is 42.7 Å². The van der Waals surface area contributed by atoms with Gasteiger partial charge >= 0.3 is 5.97 Å². The van der Waals surface area contributed by atoms with Gasteiger partial charge in [-0.3, -0.25) is 9.59 Å². The zero-order valence-electron chi connectivity index (χ0n) is 17.8. The summed E-state index contributed by atoms with van der Waals surface area (Å²) < 4.78 is 30.5. The molecule has 2 heterocycles. The number of methoxy groups -OCH3 is 1. The molecule has 1 aromatic carbocycles. The van der Waals surface area contributed by atoms with Gasteiger partial charge in [-0.25, -0.2) is 13.4 Å². The Morgan fingerprint density at radius 1 is 1.19 bits per heavy atom. The maximum atomic E-state index is 12.9. The lowest BCUT2D eigenvalue weighted by atomic mass is 10.1. The van der Waals surface area contributed by atoms with Crippen molar-refractivity contribution < 1.29 is 22.7 Å². The number of nitrogens with one attached hydrogen (secondary N) is 1. The van der Waals surface area contributed by atoms with Crippen molar-refractivity contribution in [1.29, 1.82) is 0 Å². The van der Waals surface area contributed by atoms with E-state index in [2.05, 4.69) is 15.0 Å². The van der Waals surface area contributed by atoms with E-state index in [-0.39, 0.29) is 10.8 Å². The smallest absolute Gasteiger partial charge is 0.321 e. The number of halogens is 2. The predicted octanol–water partition coefficient (Wildman–Crippen LogP) is 3.63. The van der Waals surface area contributed by atoms with E-state index < -0.39 is 27.6 Å². The molecule has 0 bridgehead atoms. The summed E-state index contributed by atoms with van der Waals surface area (Å²) in [5, 5.41) is 4.12. The number of hydrogen-bond acceptors (Lipinski definition) is 6. The summed E-state index contributed by atoms with van der Waals surface area (Å²) in [6, 6.07) is 7.14. The highest BCUT2D eigenvalue weighted by Crippen LogP contribution is 2.33. The van der Waals surface area contributed by atoms with Crippen LogP contribution >= 0.6 is 23.2 Å². The molecular formula is C21H21Cl2N3O5S. The minimum Gasteiger partial charge on any atom is -0.468 e. The van der Waals surface area contributed by atoms with Gasteiger partial charge in [0.1, 0.15) is 11.3 Å². The summed E-state index contributed by atoms with van der Waals surface area (Å²) in [7, 11) is -0.974. The first-order chi connectivity index (χ1) is 15.0. The number of rotatable bonds is 6. The van der Waals surface area contributed by atoms with E-state index in [1.165, 1.54) is 12.1 Å². The Morgan fingerprint density at radius 2 is 1.81 bits per heavy atom. The van der Waals surface area contributed by atoms with Gasteiger partial charge in [-0.15, -0.1) is 0 Å². The van der Waals surface area contributed by atoms with Crippen LogP contribution in [0.25, 0.3) is 11.0 Å². The number of aromatic nitrogens is 2. The number of hydrogen-bond donors (Lipinski definition) is 1. The molecule has 32 heavy (non-hydrogen) atoms. The van der Waals surface area contributed by atoms with E-state index in [1.54, 1.807) is 43.7 Å². The van der Waals surface area contributed by atoms with Crippen LogP contribution in [0.15, 0.2) is 35.2 Å². The van der Waals surface area contributed by atoms with E-state index in [4.69, 9.17) is 23.2 Å². The van der Waals surface area contributed by atoms with Gasteiger partial charge in [0.15, 0.2) is 15.6 Å². The summed E-state index contributed by atoms with van der Waals surface area (Å²) >= 11 is 12.5. The average Bonchev–Trinajstić information content (AvgIpc) is 3.08. The van der Waals surface area contributed by atoms with Crippen LogP contribution in [0.1, 0.15) is 34.7 Å². The number of fused-ring (bicyclic) bond motifs is 1. The molecule has 0 saturated carbocycles. The van der Waals surface area contributed by atoms with Crippen molar-refractivity contribution in [3.63, 3.8) is 0 Å². The quantitative estimate of drug-likeness (QED) is 0.521. The number of carbonyl (C=O) groups excluding carboxylic acids is 2. The Kier molecular flexibility index (Phi) is 6.83. The fraction of sp³-hybridized carbons (Fsp3) is 0.286. The lowest BCUT2D eigenvalue weighted by Crippen LogP contribution is -2.28. The van der Waals surface area contributed by atoms with Crippen LogP contribution in [0, 0.1) is 6.92 Å². The van der Waals surface area contributed by atoms with Gasteiger partial charge in [0.2, 0.25) is 0 Å². The lowest BCUT2D eigenvalue weighted by molar-refractivity contribution is -0.137. The number of ether oxygens (including phenoxy) is 1. The fourth-order valence-corrected chi connectivity index (χ4v) is 4.77. The van der Waals surface area contributed by atoms with Gasteiger partial charge in [0, 0.05) is 12.4 Å². The molecule has 3 aromatic rings. The Morgan fingerprint density at radius 3 is 2.41 bits per heavy atom. The van der Waals surface area contributed by atoms with Crippen molar-refractivity contribution in [3.05, 3.63) is 57.3 Å². The second kappa shape index (κ2) is 9.09. The monoisotopic (exact) mass is 497 g/mol. The number of pyridine rings is 1. The van der Waals surface area contributed by atoms with Crippen LogP contribution in [-0.2, 0) is 26.4 Å².